The van der Waals surface area contributed by atoms with Crippen LogP contribution in [0.2, 0.25) is 0 Å². The van der Waals surface area contributed by atoms with Gasteiger partial charge in [-0.05, 0) is 38.0 Å². The summed E-state index contributed by atoms with van der Waals surface area (Å²) in [4.78, 5) is 4.63. The Morgan fingerprint density at radius 2 is 1.84 bits per heavy atom. The fourth-order valence-corrected chi connectivity index (χ4v) is 2.14. The van der Waals surface area contributed by atoms with Crippen LogP contribution in [0.1, 0.15) is 31.9 Å². The summed E-state index contributed by atoms with van der Waals surface area (Å²) in [5.41, 5.74) is 1.98. The number of hydrogen-bond acceptors (Lipinski definition) is 4. The molecule has 1 aliphatic rings. The van der Waals surface area contributed by atoms with Gasteiger partial charge in [0.15, 0.2) is 11.5 Å². The molecule has 0 spiro atoms. The summed E-state index contributed by atoms with van der Waals surface area (Å²) < 4.78 is 16.4. The topological polar surface area (TPSA) is 40.0 Å². The van der Waals surface area contributed by atoms with Crippen LogP contribution in [0.3, 0.4) is 0 Å². The summed E-state index contributed by atoms with van der Waals surface area (Å²) in [6, 6.07) is 3.93. The maximum Gasteiger partial charge on any atom is 0.217 e. The van der Waals surface area contributed by atoms with Crippen molar-refractivity contribution in [1.29, 1.82) is 0 Å². The molecule has 1 heterocycles. The molecule has 0 amide bonds. The third-order valence-corrected chi connectivity index (χ3v) is 3.19. The van der Waals surface area contributed by atoms with Gasteiger partial charge in [-0.25, -0.2) is 4.99 Å². The first-order valence-electron chi connectivity index (χ1n) is 6.48. The van der Waals surface area contributed by atoms with Gasteiger partial charge in [0.1, 0.15) is 6.61 Å². The maximum atomic E-state index is 5.72. The molecular weight excluding hydrogens is 242 g/mol. The average Bonchev–Trinajstić information content (AvgIpc) is 2.77. The molecule has 0 radical (unpaired) electrons. The summed E-state index contributed by atoms with van der Waals surface area (Å²) in [6.45, 7) is 6.84. The van der Waals surface area contributed by atoms with Gasteiger partial charge in [0.25, 0.3) is 0 Å². The van der Waals surface area contributed by atoms with E-state index in [1.54, 1.807) is 14.2 Å². The van der Waals surface area contributed by atoms with E-state index in [0.29, 0.717) is 18.3 Å². The summed E-state index contributed by atoms with van der Waals surface area (Å²) in [6.07, 6.45) is 0.887. The smallest absolute Gasteiger partial charge is 0.217 e. The van der Waals surface area contributed by atoms with Crippen molar-refractivity contribution in [3.8, 4) is 11.5 Å². The van der Waals surface area contributed by atoms with Crippen LogP contribution >= 0.6 is 0 Å². The van der Waals surface area contributed by atoms with E-state index in [0.717, 1.165) is 23.3 Å². The number of ether oxygens (including phenoxy) is 3. The van der Waals surface area contributed by atoms with Gasteiger partial charge in [0.2, 0.25) is 5.90 Å². The molecule has 0 fully saturated rings. The molecule has 2 rings (SSSR count). The summed E-state index contributed by atoms with van der Waals surface area (Å²) >= 11 is 0. The molecule has 4 heteroatoms. The Bertz CT molecular complexity index is 506. The zero-order valence-corrected chi connectivity index (χ0v) is 12.2. The first kappa shape index (κ1) is 13.7. The standard InChI is InChI=1S/C15H21NO3/c1-6-10-7-12(17-4)13(18-5)8-11(10)14-16-15(2,3)9-19-14/h7-8H,6,9H2,1-5H3. The zero-order chi connectivity index (χ0) is 14.0. The molecule has 19 heavy (non-hydrogen) atoms. The van der Waals surface area contributed by atoms with Crippen molar-refractivity contribution < 1.29 is 14.2 Å². The van der Waals surface area contributed by atoms with Gasteiger partial charge in [0, 0.05) is 5.56 Å². The molecule has 1 aliphatic heterocycles. The monoisotopic (exact) mass is 263 g/mol. The number of nitrogens with zero attached hydrogens (tertiary/aromatic N) is 1. The summed E-state index contributed by atoms with van der Waals surface area (Å²) in [7, 11) is 3.28. The lowest BCUT2D eigenvalue weighted by Crippen LogP contribution is -2.17. The highest BCUT2D eigenvalue weighted by atomic mass is 16.5. The predicted octanol–water partition coefficient (Wildman–Crippen LogP) is 2.82. The van der Waals surface area contributed by atoms with Crippen LogP contribution in [0.15, 0.2) is 17.1 Å². The molecule has 104 valence electrons. The third kappa shape index (κ3) is 2.67. The second-order valence-electron chi connectivity index (χ2n) is 5.24. The normalized spacial score (nSPS) is 16.8. The molecule has 1 aromatic rings. The fraction of sp³-hybridized carbons (Fsp3) is 0.533. The highest BCUT2D eigenvalue weighted by Gasteiger charge is 2.28. The van der Waals surface area contributed by atoms with Gasteiger partial charge < -0.3 is 14.2 Å². The van der Waals surface area contributed by atoms with Crippen LogP contribution in [0.25, 0.3) is 0 Å². The van der Waals surface area contributed by atoms with Crippen LogP contribution in [0, 0.1) is 0 Å². The van der Waals surface area contributed by atoms with E-state index in [1.807, 2.05) is 12.1 Å². The van der Waals surface area contributed by atoms with Gasteiger partial charge in [-0.3, -0.25) is 0 Å². The Kier molecular flexibility index (Phi) is 3.69. The fourth-order valence-electron chi connectivity index (χ4n) is 2.14. The molecule has 4 nitrogen and oxygen atoms in total. The number of aryl methyl sites for hydroxylation is 1. The Hall–Kier alpha value is -1.71. The average molecular weight is 263 g/mol. The number of aliphatic imine (C=N–C) groups is 1. The molecule has 0 aliphatic carbocycles. The van der Waals surface area contributed by atoms with Gasteiger partial charge in [-0.1, -0.05) is 6.92 Å². The van der Waals surface area contributed by atoms with Crippen LogP contribution < -0.4 is 9.47 Å². The minimum absolute atomic E-state index is 0.159. The SMILES string of the molecule is CCc1cc(OC)c(OC)cc1C1=NC(C)(C)CO1. The Morgan fingerprint density at radius 3 is 2.32 bits per heavy atom. The predicted molar refractivity (Wildman–Crippen MR) is 75.5 cm³/mol. The van der Waals surface area contributed by atoms with E-state index in [2.05, 4.69) is 25.8 Å². The Balaban J connectivity index is 2.51. The van der Waals surface area contributed by atoms with Crippen molar-refractivity contribution >= 4 is 5.90 Å². The number of methoxy groups -OCH3 is 2. The Morgan fingerprint density at radius 1 is 1.21 bits per heavy atom. The van der Waals surface area contributed by atoms with E-state index >= 15 is 0 Å². The second kappa shape index (κ2) is 5.11. The van der Waals surface area contributed by atoms with Gasteiger partial charge in [0.05, 0.1) is 19.8 Å². The minimum Gasteiger partial charge on any atom is -0.493 e. The maximum absolute atomic E-state index is 5.72. The first-order chi connectivity index (χ1) is 9.00. The molecule has 0 aromatic heterocycles. The number of benzene rings is 1. The highest BCUT2D eigenvalue weighted by molar-refractivity contribution is 5.97. The highest BCUT2D eigenvalue weighted by Crippen LogP contribution is 2.33. The van der Waals surface area contributed by atoms with Crippen LogP contribution in [-0.2, 0) is 11.2 Å². The van der Waals surface area contributed by atoms with Crippen molar-refractivity contribution in [3.05, 3.63) is 23.3 Å². The second-order valence-corrected chi connectivity index (χ2v) is 5.24. The zero-order valence-electron chi connectivity index (χ0n) is 12.2. The quantitative estimate of drug-likeness (QED) is 0.838. The third-order valence-electron chi connectivity index (χ3n) is 3.19. The van der Waals surface area contributed by atoms with Crippen LogP contribution in [0.5, 0.6) is 11.5 Å². The number of rotatable bonds is 4. The van der Waals surface area contributed by atoms with E-state index in [9.17, 15) is 0 Å². The van der Waals surface area contributed by atoms with Gasteiger partial charge in [-0.2, -0.15) is 0 Å². The first-order valence-corrected chi connectivity index (χ1v) is 6.48. The van der Waals surface area contributed by atoms with Gasteiger partial charge >= 0.3 is 0 Å². The summed E-state index contributed by atoms with van der Waals surface area (Å²) in [5.74, 6) is 2.13. The lowest BCUT2D eigenvalue weighted by Gasteiger charge is -2.13. The van der Waals surface area contributed by atoms with E-state index in [4.69, 9.17) is 14.2 Å². The van der Waals surface area contributed by atoms with E-state index in [-0.39, 0.29) is 5.54 Å². The molecule has 0 unspecified atom stereocenters. The van der Waals surface area contributed by atoms with Crippen LogP contribution in [-0.4, -0.2) is 32.3 Å². The molecule has 1 aromatic carbocycles. The number of hydrogen-bond donors (Lipinski definition) is 0. The largest absolute Gasteiger partial charge is 0.493 e. The molecule has 0 N–H and O–H groups in total. The lowest BCUT2D eigenvalue weighted by atomic mass is 10.0. The van der Waals surface area contributed by atoms with Crippen molar-refractivity contribution in [3.63, 3.8) is 0 Å². The van der Waals surface area contributed by atoms with E-state index < -0.39 is 0 Å². The Labute approximate surface area is 114 Å². The van der Waals surface area contributed by atoms with Crippen LogP contribution in [0.4, 0.5) is 0 Å². The van der Waals surface area contributed by atoms with Crippen molar-refractivity contribution in [1.82, 2.24) is 0 Å². The van der Waals surface area contributed by atoms with E-state index in [1.165, 1.54) is 0 Å². The van der Waals surface area contributed by atoms with Crippen molar-refractivity contribution in [2.45, 2.75) is 32.7 Å². The lowest BCUT2D eigenvalue weighted by molar-refractivity contribution is 0.279. The molecule has 0 saturated carbocycles. The molecule has 0 saturated heterocycles. The molecule has 0 bridgehead atoms. The molecule has 0 atom stereocenters. The molecular formula is C15H21NO3. The van der Waals surface area contributed by atoms with Crippen molar-refractivity contribution in [2.24, 2.45) is 4.99 Å². The minimum atomic E-state index is -0.159. The van der Waals surface area contributed by atoms with Crippen molar-refractivity contribution in [2.75, 3.05) is 20.8 Å². The summed E-state index contributed by atoms with van der Waals surface area (Å²) in [5, 5.41) is 0. The van der Waals surface area contributed by atoms with Gasteiger partial charge in [-0.15, -0.1) is 0 Å².